The zero-order valence-electron chi connectivity index (χ0n) is 16.7. The number of nitro benzene ring substituents is 1. The summed E-state index contributed by atoms with van der Waals surface area (Å²) in [7, 11) is 0. The molecule has 0 radical (unpaired) electrons. The lowest BCUT2D eigenvalue weighted by molar-refractivity contribution is -0.384. The first kappa shape index (κ1) is 20.0. The van der Waals surface area contributed by atoms with Gasteiger partial charge in [0, 0.05) is 24.7 Å². The zero-order valence-corrected chi connectivity index (χ0v) is 16.7. The van der Waals surface area contributed by atoms with Crippen LogP contribution in [0, 0.1) is 17.0 Å². The molecule has 0 saturated carbocycles. The molecular weight excluding hydrogens is 398 g/mol. The van der Waals surface area contributed by atoms with Gasteiger partial charge >= 0.3 is 0 Å². The van der Waals surface area contributed by atoms with Crippen molar-refractivity contribution in [3.63, 3.8) is 0 Å². The third kappa shape index (κ3) is 4.20. The molecule has 0 fully saturated rings. The van der Waals surface area contributed by atoms with Crippen molar-refractivity contribution in [2.45, 2.75) is 6.92 Å². The number of carbonyl (C=O) groups is 1. The largest absolute Gasteiger partial charge is 0.378 e. The van der Waals surface area contributed by atoms with Crippen LogP contribution in [-0.4, -0.2) is 34.1 Å². The van der Waals surface area contributed by atoms with Crippen molar-refractivity contribution < 1.29 is 14.2 Å². The maximum absolute atomic E-state index is 12.9. The van der Waals surface area contributed by atoms with Crippen LogP contribution in [0.3, 0.4) is 0 Å². The fourth-order valence-corrected chi connectivity index (χ4v) is 3.28. The number of hydrogen-bond acceptors (Lipinski definition) is 7. The van der Waals surface area contributed by atoms with E-state index in [-0.39, 0.29) is 18.1 Å². The lowest BCUT2D eigenvalue weighted by Crippen LogP contribution is -2.29. The van der Waals surface area contributed by atoms with Gasteiger partial charge in [0.1, 0.15) is 5.69 Å². The van der Waals surface area contributed by atoms with Crippen LogP contribution < -0.4 is 10.6 Å². The molecule has 0 aliphatic rings. The van der Waals surface area contributed by atoms with E-state index in [1.165, 1.54) is 6.07 Å². The summed E-state index contributed by atoms with van der Waals surface area (Å²) in [6, 6.07) is 17.6. The monoisotopic (exact) mass is 417 g/mol. The smallest absolute Gasteiger partial charge is 0.292 e. The highest BCUT2D eigenvalue weighted by atomic mass is 16.6. The Bertz CT molecular complexity index is 1250. The quantitative estimate of drug-likeness (QED) is 0.265. The summed E-state index contributed by atoms with van der Waals surface area (Å²) < 4.78 is 5.30. The van der Waals surface area contributed by atoms with Crippen LogP contribution in [0.1, 0.15) is 16.1 Å². The molecule has 31 heavy (non-hydrogen) atoms. The number of carbonyl (C=O) groups excluding carboxylic acids is 1. The topological polar surface area (TPSA) is 123 Å². The Hall–Kier alpha value is -4.27. The number of aryl methyl sites for hydroxylation is 1. The van der Waals surface area contributed by atoms with E-state index < -0.39 is 4.92 Å². The minimum atomic E-state index is -0.450. The van der Waals surface area contributed by atoms with Crippen LogP contribution in [0.25, 0.3) is 22.4 Å². The number of nitrogens with zero attached hydrogens (tertiary/aromatic N) is 3. The molecule has 2 aromatic carbocycles. The lowest BCUT2D eigenvalue weighted by Gasteiger charge is -2.10. The first-order valence-corrected chi connectivity index (χ1v) is 9.62. The van der Waals surface area contributed by atoms with E-state index in [1.54, 1.807) is 31.2 Å². The van der Waals surface area contributed by atoms with Gasteiger partial charge in [-0.2, -0.15) is 0 Å². The van der Waals surface area contributed by atoms with Gasteiger partial charge in [-0.25, -0.2) is 4.98 Å². The number of pyridine rings is 1. The summed E-state index contributed by atoms with van der Waals surface area (Å²) in [4.78, 5) is 28.1. The number of rotatable bonds is 7. The first-order chi connectivity index (χ1) is 15.0. The van der Waals surface area contributed by atoms with Gasteiger partial charge in [0.15, 0.2) is 0 Å². The van der Waals surface area contributed by atoms with E-state index in [4.69, 9.17) is 4.52 Å². The van der Waals surface area contributed by atoms with Crippen molar-refractivity contribution >= 4 is 28.4 Å². The number of benzene rings is 2. The third-order valence-corrected chi connectivity index (χ3v) is 4.76. The van der Waals surface area contributed by atoms with E-state index in [0.717, 1.165) is 5.56 Å². The number of para-hydroxylation sites is 2. The van der Waals surface area contributed by atoms with Crippen molar-refractivity contribution in [3.8, 4) is 11.3 Å². The molecule has 0 atom stereocenters. The highest BCUT2D eigenvalue weighted by Crippen LogP contribution is 2.27. The molecule has 0 unspecified atom stereocenters. The lowest BCUT2D eigenvalue weighted by atomic mass is 10.1. The predicted molar refractivity (Wildman–Crippen MR) is 116 cm³/mol. The molecule has 9 nitrogen and oxygen atoms in total. The van der Waals surface area contributed by atoms with Crippen molar-refractivity contribution in [2.24, 2.45) is 0 Å². The molecule has 9 heteroatoms. The van der Waals surface area contributed by atoms with Crippen LogP contribution in [0.15, 0.2) is 65.2 Å². The first-order valence-electron chi connectivity index (χ1n) is 9.62. The summed E-state index contributed by atoms with van der Waals surface area (Å²) >= 11 is 0. The number of nitrogens with one attached hydrogen (secondary N) is 2. The minimum Gasteiger partial charge on any atom is -0.378 e. The standard InChI is InChI=1S/C22H19N5O4/c1-14-20-16(13-18(25-22(20)31-26-14)15-7-3-2-4-8-15)21(28)24-12-11-23-17-9-5-6-10-19(17)27(29)30/h2-10,13,23H,11-12H2,1H3,(H,24,28). The number of fused-ring (bicyclic) bond motifs is 1. The Kier molecular flexibility index (Phi) is 5.57. The van der Waals surface area contributed by atoms with Crippen LogP contribution in [0.4, 0.5) is 11.4 Å². The Balaban J connectivity index is 1.51. The number of hydrogen-bond donors (Lipinski definition) is 2. The van der Waals surface area contributed by atoms with E-state index in [9.17, 15) is 14.9 Å². The highest BCUT2D eigenvalue weighted by molar-refractivity contribution is 6.07. The van der Waals surface area contributed by atoms with Crippen molar-refractivity contribution in [2.75, 3.05) is 18.4 Å². The molecular formula is C22H19N5O4. The molecule has 2 heterocycles. The number of nitro groups is 1. The number of amides is 1. The summed E-state index contributed by atoms with van der Waals surface area (Å²) in [6.45, 7) is 2.33. The van der Waals surface area contributed by atoms with Gasteiger partial charge < -0.3 is 15.2 Å². The van der Waals surface area contributed by atoms with Gasteiger partial charge in [-0.3, -0.25) is 14.9 Å². The molecule has 156 valence electrons. The van der Waals surface area contributed by atoms with Gasteiger partial charge in [0.2, 0.25) is 0 Å². The van der Waals surface area contributed by atoms with Crippen LogP contribution in [0.2, 0.25) is 0 Å². The molecule has 0 aliphatic heterocycles. The maximum atomic E-state index is 12.9. The van der Waals surface area contributed by atoms with Crippen molar-refractivity contribution in [1.82, 2.24) is 15.5 Å². The Morgan fingerprint density at radius 1 is 1.10 bits per heavy atom. The maximum Gasteiger partial charge on any atom is 0.292 e. The minimum absolute atomic E-state index is 0.0164. The molecule has 0 saturated heterocycles. The third-order valence-electron chi connectivity index (χ3n) is 4.76. The van der Waals surface area contributed by atoms with E-state index in [2.05, 4.69) is 20.8 Å². The van der Waals surface area contributed by atoms with E-state index >= 15 is 0 Å². The van der Waals surface area contributed by atoms with E-state index in [1.807, 2.05) is 30.3 Å². The van der Waals surface area contributed by atoms with Crippen LogP contribution in [-0.2, 0) is 0 Å². The number of anilines is 1. The fourth-order valence-electron chi connectivity index (χ4n) is 3.28. The molecule has 0 spiro atoms. The average Bonchev–Trinajstić information content (AvgIpc) is 3.17. The van der Waals surface area contributed by atoms with Crippen LogP contribution >= 0.6 is 0 Å². The second-order valence-electron chi connectivity index (χ2n) is 6.83. The van der Waals surface area contributed by atoms with Gasteiger partial charge in [-0.1, -0.05) is 47.6 Å². The Morgan fingerprint density at radius 2 is 1.84 bits per heavy atom. The average molecular weight is 417 g/mol. The normalized spacial score (nSPS) is 10.7. The summed E-state index contributed by atoms with van der Waals surface area (Å²) in [5.41, 5.74) is 3.12. The van der Waals surface area contributed by atoms with Crippen LogP contribution in [0.5, 0.6) is 0 Å². The van der Waals surface area contributed by atoms with E-state index in [0.29, 0.717) is 40.3 Å². The molecule has 0 bridgehead atoms. The van der Waals surface area contributed by atoms with Crippen molar-refractivity contribution in [1.29, 1.82) is 0 Å². The fraction of sp³-hybridized carbons (Fsp3) is 0.136. The Labute approximate surface area is 177 Å². The van der Waals surface area contributed by atoms with Crippen molar-refractivity contribution in [3.05, 3.63) is 82.0 Å². The van der Waals surface area contributed by atoms with Gasteiger partial charge in [-0.15, -0.1) is 0 Å². The molecule has 2 aromatic heterocycles. The highest BCUT2D eigenvalue weighted by Gasteiger charge is 2.19. The molecule has 2 N–H and O–H groups in total. The summed E-state index contributed by atoms with van der Waals surface area (Å²) in [5.74, 6) is -0.305. The molecule has 4 aromatic rings. The molecule has 4 rings (SSSR count). The van der Waals surface area contributed by atoms with Gasteiger partial charge in [0.25, 0.3) is 17.3 Å². The second-order valence-corrected chi connectivity index (χ2v) is 6.83. The predicted octanol–water partition coefficient (Wildman–Crippen LogP) is 3.95. The number of aromatic nitrogens is 2. The summed E-state index contributed by atoms with van der Waals surface area (Å²) in [6.07, 6.45) is 0. The summed E-state index contributed by atoms with van der Waals surface area (Å²) in [5, 5.41) is 21.4. The zero-order chi connectivity index (χ0) is 21.8. The Morgan fingerprint density at radius 3 is 2.61 bits per heavy atom. The van der Waals surface area contributed by atoms with Gasteiger partial charge in [0.05, 0.1) is 27.3 Å². The molecule has 0 aliphatic carbocycles. The SMILES string of the molecule is Cc1noc2nc(-c3ccccc3)cc(C(=O)NCCNc3ccccc3[N+](=O)[O-])c12. The molecule has 1 amide bonds. The second kappa shape index (κ2) is 8.62. The van der Waals surface area contributed by atoms with Gasteiger partial charge in [-0.05, 0) is 19.1 Å².